The number of aliphatic carboxylic acids is 1. The van der Waals surface area contributed by atoms with Gasteiger partial charge in [0.1, 0.15) is 5.75 Å². The molecule has 1 aromatic rings. The third-order valence-corrected chi connectivity index (χ3v) is 1.43. The first-order chi connectivity index (χ1) is 5.68. The molecule has 5 heteroatoms. The maximum absolute atomic E-state index is 10.1. The molecule has 72 valence electrons. The summed E-state index contributed by atoms with van der Waals surface area (Å²) in [5.41, 5.74) is 0. The highest BCUT2D eigenvalue weighted by Gasteiger charge is 1.97. The van der Waals surface area contributed by atoms with Crippen LogP contribution in [0.5, 0.6) is 5.75 Å². The molecule has 0 aromatic heterocycles. The Morgan fingerprint density at radius 1 is 1.38 bits per heavy atom. The molecule has 0 saturated carbocycles. The SMILES string of the molecule is N.O=C(O)COc1ccc(Cl)cc1. The number of hydrogen-bond acceptors (Lipinski definition) is 3. The van der Waals surface area contributed by atoms with Crippen molar-refractivity contribution in [3.63, 3.8) is 0 Å². The predicted molar refractivity (Wildman–Crippen MR) is 49.6 cm³/mol. The molecule has 1 aromatic carbocycles. The van der Waals surface area contributed by atoms with Gasteiger partial charge in [-0.25, -0.2) is 4.79 Å². The Morgan fingerprint density at radius 3 is 2.38 bits per heavy atom. The van der Waals surface area contributed by atoms with Crippen molar-refractivity contribution >= 4 is 17.6 Å². The van der Waals surface area contributed by atoms with Gasteiger partial charge in [-0.1, -0.05) is 11.6 Å². The van der Waals surface area contributed by atoms with Crippen LogP contribution in [0.3, 0.4) is 0 Å². The second kappa shape index (κ2) is 5.40. The number of carboxylic acids is 1. The first kappa shape index (κ1) is 11.7. The lowest BCUT2D eigenvalue weighted by Gasteiger charge is -2.01. The smallest absolute Gasteiger partial charge is 0.341 e. The van der Waals surface area contributed by atoms with Crippen molar-refractivity contribution in [2.24, 2.45) is 0 Å². The third-order valence-electron chi connectivity index (χ3n) is 1.18. The third kappa shape index (κ3) is 4.35. The quantitative estimate of drug-likeness (QED) is 0.787. The maximum atomic E-state index is 10.1. The summed E-state index contributed by atoms with van der Waals surface area (Å²) in [7, 11) is 0. The molecule has 1 rings (SSSR count). The summed E-state index contributed by atoms with van der Waals surface area (Å²) in [5, 5.41) is 8.87. The van der Waals surface area contributed by atoms with E-state index in [1.165, 1.54) is 0 Å². The molecule has 4 N–H and O–H groups in total. The normalized spacial score (nSPS) is 8.69. The molecular formula is C8H10ClNO3. The van der Waals surface area contributed by atoms with E-state index in [0.29, 0.717) is 10.8 Å². The van der Waals surface area contributed by atoms with Gasteiger partial charge in [0.2, 0.25) is 0 Å². The summed E-state index contributed by atoms with van der Waals surface area (Å²) in [4.78, 5) is 10.1. The molecule has 0 radical (unpaired) electrons. The summed E-state index contributed by atoms with van der Waals surface area (Å²) < 4.78 is 4.86. The molecule has 0 heterocycles. The summed E-state index contributed by atoms with van der Waals surface area (Å²) >= 11 is 5.60. The van der Waals surface area contributed by atoms with Gasteiger partial charge >= 0.3 is 5.97 Å². The van der Waals surface area contributed by atoms with Gasteiger partial charge in [-0.2, -0.15) is 0 Å². The van der Waals surface area contributed by atoms with Crippen LogP contribution in [-0.4, -0.2) is 17.7 Å². The first-order valence-corrected chi connectivity index (χ1v) is 3.66. The number of carboxylic acid groups (broad SMARTS) is 1. The Labute approximate surface area is 80.7 Å². The standard InChI is InChI=1S/C8H7ClO3.H3N/c9-6-1-3-7(4-2-6)12-5-8(10)11;/h1-4H,5H2,(H,10,11);1H3. The lowest BCUT2D eigenvalue weighted by atomic mass is 10.3. The second-order valence-corrected chi connectivity index (χ2v) is 2.57. The molecule has 0 spiro atoms. The number of halogens is 1. The van der Waals surface area contributed by atoms with E-state index in [0.717, 1.165) is 0 Å². The van der Waals surface area contributed by atoms with Crippen LogP contribution < -0.4 is 10.9 Å². The van der Waals surface area contributed by atoms with E-state index in [1.807, 2.05) is 0 Å². The first-order valence-electron chi connectivity index (χ1n) is 3.28. The lowest BCUT2D eigenvalue weighted by Crippen LogP contribution is -2.09. The molecule has 0 aliphatic heterocycles. The zero-order chi connectivity index (χ0) is 8.97. The Kier molecular flexibility index (Phi) is 4.87. The van der Waals surface area contributed by atoms with Crippen molar-refractivity contribution in [1.29, 1.82) is 0 Å². The number of carbonyl (C=O) groups is 1. The minimum absolute atomic E-state index is 0. The van der Waals surface area contributed by atoms with Crippen LogP contribution in [0.15, 0.2) is 24.3 Å². The average molecular weight is 204 g/mol. The Balaban J connectivity index is 0.00000144. The zero-order valence-corrected chi connectivity index (χ0v) is 7.62. The molecule has 0 amide bonds. The topological polar surface area (TPSA) is 81.5 Å². The molecule has 0 aliphatic carbocycles. The summed E-state index contributed by atoms with van der Waals surface area (Å²) in [6, 6.07) is 6.51. The summed E-state index contributed by atoms with van der Waals surface area (Å²) in [6.45, 7) is -0.332. The fourth-order valence-corrected chi connectivity index (χ4v) is 0.802. The van der Waals surface area contributed by atoms with Gasteiger partial charge in [0.15, 0.2) is 6.61 Å². The minimum atomic E-state index is -0.995. The Morgan fingerprint density at radius 2 is 1.92 bits per heavy atom. The second-order valence-electron chi connectivity index (χ2n) is 2.14. The molecule has 0 saturated heterocycles. The summed E-state index contributed by atoms with van der Waals surface area (Å²) in [6.07, 6.45) is 0. The fourth-order valence-electron chi connectivity index (χ4n) is 0.676. The van der Waals surface area contributed by atoms with E-state index >= 15 is 0 Å². The van der Waals surface area contributed by atoms with Crippen LogP contribution in [0.4, 0.5) is 0 Å². The van der Waals surface area contributed by atoms with Gasteiger partial charge in [0.25, 0.3) is 0 Å². The van der Waals surface area contributed by atoms with Gasteiger partial charge in [0, 0.05) is 5.02 Å². The Bertz CT molecular complexity index is 273. The van der Waals surface area contributed by atoms with Crippen LogP contribution >= 0.6 is 11.6 Å². The van der Waals surface area contributed by atoms with Gasteiger partial charge in [-0.3, -0.25) is 0 Å². The van der Waals surface area contributed by atoms with Crippen LogP contribution in [0.25, 0.3) is 0 Å². The molecule has 13 heavy (non-hydrogen) atoms. The van der Waals surface area contributed by atoms with Crippen LogP contribution in [-0.2, 0) is 4.79 Å². The van der Waals surface area contributed by atoms with Crippen LogP contribution in [0, 0.1) is 0 Å². The summed E-state index contributed by atoms with van der Waals surface area (Å²) in [5.74, 6) is -0.494. The van der Waals surface area contributed by atoms with Crippen molar-refractivity contribution < 1.29 is 14.6 Å². The van der Waals surface area contributed by atoms with Gasteiger partial charge < -0.3 is 16.0 Å². The largest absolute Gasteiger partial charge is 0.482 e. The van der Waals surface area contributed by atoms with Gasteiger partial charge in [-0.05, 0) is 24.3 Å². The van der Waals surface area contributed by atoms with Crippen molar-refractivity contribution in [2.75, 3.05) is 6.61 Å². The lowest BCUT2D eigenvalue weighted by molar-refractivity contribution is -0.139. The molecule has 0 fully saturated rings. The van der Waals surface area contributed by atoms with E-state index in [4.69, 9.17) is 21.4 Å². The van der Waals surface area contributed by atoms with E-state index in [-0.39, 0.29) is 12.8 Å². The number of rotatable bonds is 3. The minimum Gasteiger partial charge on any atom is -0.482 e. The maximum Gasteiger partial charge on any atom is 0.341 e. The number of benzene rings is 1. The van der Waals surface area contributed by atoms with Crippen molar-refractivity contribution in [2.45, 2.75) is 0 Å². The van der Waals surface area contributed by atoms with Gasteiger partial charge in [-0.15, -0.1) is 0 Å². The highest BCUT2D eigenvalue weighted by molar-refractivity contribution is 6.30. The van der Waals surface area contributed by atoms with E-state index in [2.05, 4.69) is 0 Å². The van der Waals surface area contributed by atoms with Crippen LogP contribution in [0.2, 0.25) is 5.02 Å². The van der Waals surface area contributed by atoms with Crippen molar-refractivity contribution in [3.05, 3.63) is 29.3 Å². The highest BCUT2D eigenvalue weighted by Crippen LogP contribution is 2.14. The van der Waals surface area contributed by atoms with Crippen LogP contribution in [0.1, 0.15) is 0 Å². The molecule has 0 aliphatic rings. The predicted octanol–water partition coefficient (Wildman–Crippen LogP) is 1.97. The van der Waals surface area contributed by atoms with Crippen molar-refractivity contribution in [1.82, 2.24) is 6.15 Å². The Hall–Kier alpha value is -1.26. The molecule has 0 unspecified atom stereocenters. The van der Waals surface area contributed by atoms with E-state index in [1.54, 1.807) is 24.3 Å². The van der Waals surface area contributed by atoms with Crippen molar-refractivity contribution in [3.8, 4) is 5.75 Å². The molecular weight excluding hydrogens is 194 g/mol. The van der Waals surface area contributed by atoms with E-state index < -0.39 is 5.97 Å². The fraction of sp³-hybridized carbons (Fsp3) is 0.125. The molecule has 0 bridgehead atoms. The molecule has 4 nitrogen and oxygen atoms in total. The highest BCUT2D eigenvalue weighted by atomic mass is 35.5. The molecule has 0 atom stereocenters. The van der Waals surface area contributed by atoms with Gasteiger partial charge in [0.05, 0.1) is 0 Å². The van der Waals surface area contributed by atoms with E-state index in [9.17, 15) is 4.79 Å². The average Bonchev–Trinajstić information content (AvgIpc) is 2.03. The number of hydrogen-bond donors (Lipinski definition) is 2. The number of ether oxygens (including phenoxy) is 1. The zero-order valence-electron chi connectivity index (χ0n) is 6.87. The monoisotopic (exact) mass is 203 g/mol.